The quantitative estimate of drug-likeness (QED) is 0.149. The Morgan fingerprint density at radius 3 is 1.93 bits per heavy atom. The molecule has 10 aromatic rings. The molecular weight excluding hydrogens is 899 g/mol. The molecule has 2 unspecified atom stereocenters. The van der Waals surface area contributed by atoms with Crippen LogP contribution in [0.15, 0.2) is 252 Å². The van der Waals surface area contributed by atoms with Gasteiger partial charge in [0.2, 0.25) is 5.89 Å². The molecule has 0 bridgehead atoms. The zero-order valence-corrected chi connectivity index (χ0v) is 42.1. The SMILES string of the molecule is CC1C=CC2=CC3=C(CC2(C)C1)[Si]1(c2cc(C[C@@H](c4cccc(C5(c6ccccc6)c6ccccc6-c6ccccc65)c4)c4ccc5nc(-c6ccccc6)oc5c4)ccc23)c2ccccc2-c2ccccc21. The van der Waals surface area contributed by atoms with Gasteiger partial charge in [-0.1, -0.05) is 231 Å². The molecule has 3 atom stereocenters. The van der Waals surface area contributed by atoms with Crippen molar-refractivity contribution < 1.29 is 4.42 Å². The maximum Gasteiger partial charge on any atom is 0.227 e. The molecule has 15 rings (SSSR count). The Balaban J connectivity index is 0.935. The number of nitrogens with zero attached hydrogens (tertiary/aromatic N) is 1. The molecule has 1 spiro atoms. The summed E-state index contributed by atoms with van der Waals surface area (Å²) in [5, 5.41) is 6.36. The highest BCUT2D eigenvalue weighted by Gasteiger charge is 2.57. The minimum Gasteiger partial charge on any atom is -0.436 e. The molecule has 0 saturated carbocycles. The van der Waals surface area contributed by atoms with Crippen LogP contribution in [0.4, 0.5) is 0 Å². The summed E-state index contributed by atoms with van der Waals surface area (Å²) >= 11 is 0. The summed E-state index contributed by atoms with van der Waals surface area (Å²) in [6.45, 7) is 4.94. The van der Waals surface area contributed by atoms with E-state index in [0.29, 0.717) is 11.8 Å². The Labute approximate surface area is 428 Å². The number of aromatic nitrogens is 1. The molecule has 5 aliphatic rings. The number of rotatable bonds is 7. The van der Waals surface area contributed by atoms with Gasteiger partial charge in [-0.25, -0.2) is 4.98 Å². The summed E-state index contributed by atoms with van der Waals surface area (Å²) in [6, 6.07) is 82.4. The van der Waals surface area contributed by atoms with Gasteiger partial charge in [0.15, 0.2) is 13.7 Å². The van der Waals surface area contributed by atoms with Crippen LogP contribution in [-0.4, -0.2) is 13.1 Å². The lowest BCUT2D eigenvalue weighted by Crippen LogP contribution is -2.65. The van der Waals surface area contributed by atoms with E-state index in [2.05, 4.69) is 232 Å². The molecule has 2 nitrogen and oxygen atoms in total. The average Bonchev–Trinajstić information content (AvgIpc) is 4.18. The number of allylic oxidation sites excluding steroid dienone is 6. The lowest BCUT2D eigenvalue weighted by Gasteiger charge is -2.42. The van der Waals surface area contributed by atoms with Crippen molar-refractivity contribution in [2.45, 2.75) is 44.4 Å². The lowest BCUT2D eigenvalue weighted by atomic mass is 9.66. The van der Waals surface area contributed by atoms with Crippen LogP contribution in [0.3, 0.4) is 0 Å². The molecule has 0 radical (unpaired) electrons. The molecule has 348 valence electrons. The van der Waals surface area contributed by atoms with E-state index < -0.39 is 13.5 Å². The van der Waals surface area contributed by atoms with Crippen molar-refractivity contribution in [1.82, 2.24) is 4.98 Å². The van der Waals surface area contributed by atoms with Crippen molar-refractivity contribution in [3.8, 4) is 33.7 Å². The summed E-state index contributed by atoms with van der Waals surface area (Å²) in [5.74, 6) is 1.19. The second-order valence-electron chi connectivity index (χ2n) is 21.7. The first-order valence-electron chi connectivity index (χ1n) is 26.2. The number of fused-ring (bicyclic) bond motifs is 14. The largest absolute Gasteiger partial charge is 0.436 e. The van der Waals surface area contributed by atoms with Crippen molar-refractivity contribution >= 4 is 40.3 Å². The highest BCUT2D eigenvalue weighted by molar-refractivity contribution is 7.20. The number of hydrogen-bond acceptors (Lipinski definition) is 2. The Bertz CT molecular complexity index is 3910. The topological polar surface area (TPSA) is 26.0 Å². The number of oxazole rings is 1. The predicted octanol–water partition coefficient (Wildman–Crippen LogP) is 14.9. The van der Waals surface area contributed by atoms with Crippen molar-refractivity contribution in [2.24, 2.45) is 11.3 Å². The smallest absolute Gasteiger partial charge is 0.227 e. The van der Waals surface area contributed by atoms with E-state index in [1.807, 2.05) is 18.2 Å². The standard InChI is InChI=1S/C70H53NOSi/c1-45-32-35-51-42-59-57-36-33-46(39-66(57)73(67(59)44-69(51,2)43-45)64-30-15-11-26-55(64)56-27-12-16-31-65(56)73)38-58(49-34-37-62-63(41-49)72-68(71-62)47-18-5-3-6-19-47)48-20-17-23-52(40-48)70(50-21-7-4-8-22-50)60-28-13-9-24-53(60)54-25-10-14-29-61(54)70/h3-37,39-42,45,58H,38,43-44H2,1-2H3/t45?,58-,69?/m0/s1. The molecule has 3 heteroatoms. The van der Waals surface area contributed by atoms with Crippen LogP contribution in [0.25, 0.3) is 50.4 Å². The predicted molar refractivity (Wildman–Crippen MR) is 302 cm³/mol. The minimum atomic E-state index is -2.70. The van der Waals surface area contributed by atoms with Crippen molar-refractivity contribution in [3.05, 3.63) is 292 Å². The third-order valence-corrected chi connectivity index (χ3v) is 22.7. The third kappa shape index (κ3) is 6.06. The van der Waals surface area contributed by atoms with Crippen LogP contribution < -0.4 is 15.6 Å². The second-order valence-corrected chi connectivity index (χ2v) is 25.4. The molecule has 1 aromatic heterocycles. The van der Waals surface area contributed by atoms with E-state index in [1.54, 1.807) is 20.8 Å². The van der Waals surface area contributed by atoms with Crippen LogP contribution in [-0.2, 0) is 11.8 Å². The Hall–Kier alpha value is -8.11. The van der Waals surface area contributed by atoms with Gasteiger partial charge in [0, 0.05) is 11.5 Å². The van der Waals surface area contributed by atoms with Crippen molar-refractivity contribution in [1.29, 1.82) is 0 Å². The Morgan fingerprint density at radius 1 is 0.575 bits per heavy atom. The first-order valence-corrected chi connectivity index (χ1v) is 28.2. The highest BCUT2D eigenvalue weighted by Crippen LogP contribution is 2.57. The van der Waals surface area contributed by atoms with E-state index in [9.17, 15) is 0 Å². The maximum absolute atomic E-state index is 6.67. The van der Waals surface area contributed by atoms with Gasteiger partial charge >= 0.3 is 0 Å². The van der Waals surface area contributed by atoms with E-state index in [1.165, 1.54) is 84.3 Å². The van der Waals surface area contributed by atoms with Gasteiger partial charge in [-0.2, -0.15) is 0 Å². The molecular formula is C70H53NOSi. The van der Waals surface area contributed by atoms with Gasteiger partial charge in [-0.3, -0.25) is 0 Å². The van der Waals surface area contributed by atoms with E-state index in [-0.39, 0.29) is 11.3 Å². The summed E-state index contributed by atoms with van der Waals surface area (Å²) < 4.78 is 6.67. The van der Waals surface area contributed by atoms with Crippen LogP contribution in [0.2, 0.25) is 0 Å². The van der Waals surface area contributed by atoms with E-state index >= 15 is 0 Å². The molecule has 0 amide bonds. The average molecular weight is 952 g/mol. The molecule has 0 N–H and O–H groups in total. The summed E-state index contributed by atoms with van der Waals surface area (Å²) in [7, 11) is -2.70. The molecule has 9 aromatic carbocycles. The van der Waals surface area contributed by atoms with Gasteiger partial charge < -0.3 is 4.42 Å². The molecule has 0 fully saturated rings. The van der Waals surface area contributed by atoms with Crippen molar-refractivity contribution in [2.75, 3.05) is 0 Å². The van der Waals surface area contributed by atoms with Crippen molar-refractivity contribution in [3.63, 3.8) is 0 Å². The summed E-state index contributed by atoms with van der Waals surface area (Å²) in [6.07, 6.45) is 10.6. The van der Waals surface area contributed by atoms with Crippen LogP contribution >= 0.6 is 0 Å². The summed E-state index contributed by atoms with van der Waals surface area (Å²) in [5.41, 5.74) is 21.1. The van der Waals surface area contributed by atoms with Crippen LogP contribution in [0.5, 0.6) is 0 Å². The first-order chi connectivity index (χ1) is 35.9. The van der Waals surface area contributed by atoms with Gasteiger partial charge in [0.05, 0.1) is 5.41 Å². The zero-order chi connectivity index (χ0) is 48.5. The van der Waals surface area contributed by atoms with E-state index in [0.717, 1.165) is 29.5 Å². The molecule has 3 heterocycles. The Kier molecular flexibility index (Phi) is 9.29. The third-order valence-electron chi connectivity index (χ3n) is 17.6. The zero-order valence-electron chi connectivity index (χ0n) is 41.1. The first kappa shape index (κ1) is 42.6. The molecule has 73 heavy (non-hydrogen) atoms. The van der Waals surface area contributed by atoms with E-state index in [4.69, 9.17) is 9.40 Å². The fourth-order valence-corrected chi connectivity index (χ4v) is 20.6. The monoisotopic (exact) mass is 951 g/mol. The Morgan fingerprint density at radius 2 is 1.21 bits per heavy atom. The molecule has 3 aliphatic carbocycles. The normalized spacial score (nSPS) is 19.4. The minimum absolute atomic E-state index is 0.00679. The fourth-order valence-electron chi connectivity index (χ4n) is 14.6. The van der Waals surface area contributed by atoms with Gasteiger partial charge in [-0.05, 0) is 148 Å². The highest BCUT2D eigenvalue weighted by atomic mass is 28.3. The number of hydrogen-bond donors (Lipinski definition) is 0. The van der Waals surface area contributed by atoms with Crippen LogP contribution in [0, 0.1) is 11.3 Å². The summed E-state index contributed by atoms with van der Waals surface area (Å²) in [4.78, 5) is 5.00. The lowest BCUT2D eigenvalue weighted by molar-refractivity contribution is 0.321. The fraction of sp³-hybridized carbons (Fsp3) is 0.129. The van der Waals surface area contributed by atoms with Gasteiger partial charge in [-0.15, -0.1) is 0 Å². The van der Waals surface area contributed by atoms with Gasteiger partial charge in [0.25, 0.3) is 0 Å². The second kappa shape index (κ2) is 15.9. The maximum atomic E-state index is 6.67. The molecule has 2 aliphatic heterocycles. The number of benzene rings is 9. The molecule has 0 saturated heterocycles. The van der Waals surface area contributed by atoms with Crippen LogP contribution in [0.1, 0.15) is 77.1 Å². The van der Waals surface area contributed by atoms with Gasteiger partial charge in [0.1, 0.15) is 5.52 Å².